The minimum atomic E-state index is 0.177. The number of thiocarbonyl (C=S) groups is 1. The lowest BCUT2D eigenvalue weighted by atomic mass is 9.96. The van der Waals surface area contributed by atoms with Gasteiger partial charge in [0, 0.05) is 27.4 Å². The molecule has 22 heavy (non-hydrogen) atoms. The van der Waals surface area contributed by atoms with Gasteiger partial charge in [0.1, 0.15) is 0 Å². The van der Waals surface area contributed by atoms with Crippen molar-refractivity contribution in [3.05, 3.63) is 70.2 Å². The van der Waals surface area contributed by atoms with Crippen LogP contribution in [0.3, 0.4) is 0 Å². The van der Waals surface area contributed by atoms with Gasteiger partial charge < -0.3 is 0 Å². The molecule has 2 aliphatic rings. The molecule has 3 heteroatoms. The van der Waals surface area contributed by atoms with Crippen LogP contribution in [0, 0.1) is 5.92 Å². The Kier molecular flexibility index (Phi) is 3.59. The number of fused-ring (bicyclic) bond motifs is 1. The van der Waals surface area contributed by atoms with E-state index in [2.05, 4.69) is 30.3 Å². The highest BCUT2D eigenvalue weighted by molar-refractivity contribution is 7.80. The van der Waals surface area contributed by atoms with Gasteiger partial charge in [0.05, 0.1) is 11.8 Å². The fourth-order valence-corrected chi connectivity index (χ4v) is 3.68. The van der Waals surface area contributed by atoms with Gasteiger partial charge in [-0.1, -0.05) is 60.2 Å². The van der Waals surface area contributed by atoms with Crippen molar-refractivity contribution in [3.63, 3.8) is 0 Å². The van der Waals surface area contributed by atoms with Crippen LogP contribution >= 0.6 is 23.8 Å². The zero-order valence-corrected chi connectivity index (χ0v) is 13.7. The second-order valence-electron chi connectivity index (χ2n) is 6.07. The fraction of sp³-hybridized carbons (Fsp3) is 0.263. The maximum atomic E-state index is 6.24. The third kappa shape index (κ3) is 2.62. The van der Waals surface area contributed by atoms with Crippen LogP contribution in [0.2, 0.25) is 5.02 Å². The number of nitrogens with zero attached hydrogens (tertiary/aromatic N) is 1. The van der Waals surface area contributed by atoms with Crippen LogP contribution < -0.4 is 0 Å². The average molecular weight is 326 g/mol. The monoisotopic (exact) mass is 325 g/mol. The Morgan fingerprint density at radius 2 is 1.82 bits per heavy atom. The summed E-state index contributed by atoms with van der Waals surface area (Å²) in [5.41, 5.74) is 4.54. The molecule has 1 atom stereocenters. The van der Waals surface area contributed by atoms with Gasteiger partial charge >= 0.3 is 0 Å². The highest BCUT2D eigenvalue weighted by Crippen LogP contribution is 2.38. The Morgan fingerprint density at radius 1 is 1.05 bits per heavy atom. The van der Waals surface area contributed by atoms with E-state index < -0.39 is 0 Å². The minimum Gasteiger partial charge on any atom is -0.275 e. The Balaban J connectivity index is 1.91. The van der Waals surface area contributed by atoms with Crippen LogP contribution in [0.15, 0.2) is 53.5 Å². The SMILES string of the molecule is S=C1Cc2ccc(Cl)cc2C(c2ccccc2)=N[C@H]1C1CC1. The van der Waals surface area contributed by atoms with Crippen LogP contribution in [-0.4, -0.2) is 16.6 Å². The summed E-state index contributed by atoms with van der Waals surface area (Å²) < 4.78 is 0. The quantitative estimate of drug-likeness (QED) is 0.717. The molecule has 4 rings (SSSR count). The molecule has 0 bridgehead atoms. The topological polar surface area (TPSA) is 12.4 Å². The van der Waals surface area contributed by atoms with Crippen molar-refractivity contribution in [2.24, 2.45) is 10.9 Å². The first kappa shape index (κ1) is 14.1. The number of benzene rings is 2. The zero-order valence-electron chi connectivity index (χ0n) is 12.1. The van der Waals surface area contributed by atoms with E-state index in [1.54, 1.807) is 0 Å². The number of halogens is 1. The summed E-state index contributed by atoms with van der Waals surface area (Å²) in [4.78, 5) is 6.15. The molecule has 2 aromatic rings. The first-order valence-electron chi connectivity index (χ1n) is 7.67. The Hall–Kier alpha value is -1.51. The fourth-order valence-electron chi connectivity index (χ4n) is 3.10. The van der Waals surface area contributed by atoms with Gasteiger partial charge in [-0.2, -0.15) is 0 Å². The van der Waals surface area contributed by atoms with Crippen LogP contribution in [0.5, 0.6) is 0 Å². The molecule has 0 unspecified atom stereocenters. The maximum absolute atomic E-state index is 6.24. The van der Waals surface area contributed by atoms with Gasteiger partial charge in [-0.25, -0.2) is 0 Å². The number of rotatable bonds is 2. The molecule has 1 heterocycles. The molecular weight excluding hydrogens is 310 g/mol. The van der Waals surface area contributed by atoms with Crippen molar-refractivity contribution in [3.8, 4) is 0 Å². The lowest BCUT2D eigenvalue weighted by Crippen LogP contribution is -2.20. The summed E-state index contributed by atoms with van der Waals surface area (Å²) in [6.07, 6.45) is 3.31. The summed E-state index contributed by atoms with van der Waals surface area (Å²) in [5.74, 6) is 0.635. The van der Waals surface area contributed by atoms with E-state index in [1.807, 2.05) is 18.2 Å². The van der Waals surface area contributed by atoms with Crippen molar-refractivity contribution >= 4 is 34.4 Å². The van der Waals surface area contributed by atoms with E-state index in [1.165, 1.54) is 18.4 Å². The van der Waals surface area contributed by atoms with Crippen molar-refractivity contribution < 1.29 is 0 Å². The summed E-state index contributed by atoms with van der Waals surface area (Å²) in [6, 6.07) is 16.6. The number of aliphatic imine (C=N–C) groups is 1. The standard InChI is InChI=1S/C19H16ClNS/c20-15-9-8-14-10-17(22)19(13-6-7-13)21-18(16(14)11-15)12-4-2-1-3-5-12/h1-5,8-9,11,13,19H,6-7,10H2/t19-/m0/s1. The van der Waals surface area contributed by atoms with E-state index in [0.29, 0.717) is 5.92 Å². The van der Waals surface area contributed by atoms with E-state index in [-0.39, 0.29) is 6.04 Å². The smallest absolute Gasteiger partial charge is 0.0850 e. The second-order valence-corrected chi connectivity index (χ2v) is 7.03. The lowest BCUT2D eigenvalue weighted by molar-refractivity contribution is 0.750. The Morgan fingerprint density at radius 3 is 2.55 bits per heavy atom. The van der Waals surface area contributed by atoms with Gasteiger partial charge in [-0.05, 0) is 36.5 Å². The molecule has 0 amide bonds. The molecular formula is C19H16ClNS. The largest absolute Gasteiger partial charge is 0.275 e. The van der Waals surface area contributed by atoms with Gasteiger partial charge in [-0.3, -0.25) is 4.99 Å². The second kappa shape index (κ2) is 5.60. The molecule has 0 N–H and O–H groups in total. The summed E-state index contributed by atoms with van der Waals surface area (Å²) in [7, 11) is 0. The highest BCUT2D eigenvalue weighted by Gasteiger charge is 2.36. The third-order valence-corrected chi connectivity index (χ3v) is 5.03. The number of hydrogen-bond donors (Lipinski definition) is 0. The van der Waals surface area contributed by atoms with Crippen LogP contribution in [0.1, 0.15) is 29.5 Å². The lowest BCUT2D eigenvalue weighted by Gasteiger charge is -2.12. The summed E-state index contributed by atoms with van der Waals surface area (Å²) >= 11 is 11.9. The molecule has 0 saturated heterocycles. The Bertz CT molecular complexity index is 762. The molecule has 0 radical (unpaired) electrons. The molecule has 1 fully saturated rings. The van der Waals surface area contributed by atoms with Crippen molar-refractivity contribution in [2.45, 2.75) is 25.3 Å². The predicted molar refractivity (Wildman–Crippen MR) is 96.3 cm³/mol. The van der Waals surface area contributed by atoms with Gasteiger partial charge in [0.25, 0.3) is 0 Å². The van der Waals surface area contributed by atoms with E-state index in [9.17, 15) is 0 Å². The van der Waals surface area contributed by atoms with Crippen molar-refractivity contribution in [2.75, 3.05) is 0 Å². The van der Waals surface area contributed by atoms with E-state index in [4.69, 9.17) is 28.8 Å². The van der Waals surface area contributed by atoms with Crippen LogP contribution in [0.25, 0.3) is 0 Å². The van der Waals surface area contributed by atoms with E-state index >= 15 is 0 Å². The van der Waals surface area contributed by atoms with Crippen molar-refractivity contribution in [1.29, 1.82) is 0 Å². The summed E-state index contributed by atoms with van der Waals surface area (Å²) in [5, 5.41) is 0.748. The zero-order chi connectivity index (χ0) is 15.1. The van der Waals surface area contributed by atoms with Gasteiger partial charge in [0.15, 0.2) is 0 Å². The highest BCUT2D eigenvalue weighted by atomic mass is 35.5. The van der Waals surface area contributed by atoms with Crippen molar-refractivity contribution in [1.82, 2.24) is 0 Å². The molecule has 1 aliphatic heterocycles. The van der Waals surface area contributed by atoms with Gasteiger partial charge in [0.2, 0.25) is 0 Å². The molecule has 1 saturated carbocycles. The molecule has 1 aliphatic carbocycles. The molecule has 110 valence electrons. The first-order chi connectivity index (χ1) is 10.7. The normalized spacial score (nSPS) is 21.0. The molecule has 1 nitrogen and oxygen atoms in total. The van der Waals surface area contributed by atoms with Crippen LogP contribution in [-0.2, 0) is 6.42 Å². The number of hydrogen-bond acceptors (Lipinski definition) is 2. The minimum absolute atomic E-state index is 0.177. The summed E-state index contributed by atoms with van der Waals surface area (Å²) in [6.45, 7) is 0. The van der Waals surface area contributed by atoms with Gasteiger partial charge in [-0.15, -0.1) is 0 Å². The first-order valence-corrected chi connectivity index (χ1v) is 8.46. The molecule has 0 aromatic heterocycles. The van der Waals surface area contributed by atoms with Crippen LogP contribution in [0.4, 0.5) is 0 Å². The molecule has 2 aromatic carbocycles. The van der Waals surface area contributed by atoms with E-state index in [0.717, 1.165) is 33.1 Å². The predicted octanol–water partition coefficient (Wildman–Crippen LogP) is 4.88. The Labute approximate surface area is 141 Å². The molecule has 0 spiro atoms. The maximum Gasteiger partial charge on any atom is 0.0850 e. The average Bonchev–Trinajstić information content (AvgIpc) is 3.35. The third-order valence-electron chi connectivity index (χ3n) is 4.41.